The molecule has 12 heavy (non-hydrogen) atoms. The van der Waals surface area contributed by atoms with Crippen molar-refractivity contribution in [3.8, 4) is 0 Å². The molecule has 0 saturated carbocycles. The molecule has 0 spiro atoms. The van der Waals surface area contributed by atoms with Gasteiger partial charge in [0.25, 0.3) is 0 Å². The molecule has 0 saturated heterocycles. The number of aliphatic hydroxyl groups excluding tert-OH is 1. The average Bonchev–Trinajstić information content (AvgIpc) is 1.96. The second kappa shape index (κ2) is 6.46. The summed E-state index contributed by atoms with van der Waals surface area (Å²) in [5.74, 6) is 0.508. The van der Waals surface area contributed by atoms with E-state index in [1.54, 1.807) is 0 Å². The Kier molecular flexibility index (Phi) is 6.44. The van der Waals surface area contributed by atoms with Gasteiger partial charge in [-0.25, -0.2) is 0 Å². The Morgan fingerprint density at radius 2 is 2.17 bits per heavy atom. The van der Waals surface area contributed by atoms with Crippen LogP contribution in [0.2, 0.25) is 0 Å². The Hall–Kier alpha value is -0.0500. The van der Waals surface area contributed by atoms with Gasteiger partial charge in [0.2, 0.25) is 0 Å². The monoisotopic (exact) mass is 191 g/mol. The fourth-order valence-electron chi connectivity index (χ4n) is 1.05. The summed E-state index contributed by atoms with van der Waals surface area (Å²) in [6.45, 7) is 8.65. The van der Waals surface area contributed by atoms with Gasteiger partial charge in [0.1, 0.15) is 0 Å². The van der Waals surface area contributed by atoms with Crippen LogP contribution in [0.3, 0.4) is 0 Å². The lowest BCUT2D eigenvalue weighted by atomic mass is 10.0. The van der Waals surface area contributed by atoms with E-state index in [2.05, 4.69) is 25.7 Å². The molecule has 2 nitrogen and oxygen atoms in total. The molecule has 0 heterocycles. The molecule has 0 aliphatic carbocycles. The minimum absolute atomic E-state index is 0.213. The van der Waals surface area contributed by atoms with Crippen LogP contribution in [0, 0.1) is 5.92 Å². The quantitative estimate of drug-likeness (QED) is 0.671. The molecule has 1 atom stereocenters. The Bertz CT molecular complexity index is 136. The predicted molar refractivity (Wildman–Crippen MR) is 53.3 cm³/mol. The first kappa shape index (κ1) is 11.9. The summed E-state index contributed by atoms with van der Waals surface area (Å²) < 4.78 is 0. The fraction of sp³-hybridized carbons (Fsp3) is 0.778. The molecule has 0 aromatic heterocycles. The van der Waals surface area contributed by atoms with Gasteiger partial charge in [-0.3, -0.25) is 0 Å². The molecule has 1 unspecified atom stereocenters. The van der Waals surface area contributed by atoms with Crippen LogP contribution < -0.4 is 5.32 Å². The second-order valence-corrected chi connectivity index (χ2v) is 3.80. The van der Waals surface area contributed by atoms with Crippen molar-refractivity contribution in [2.45, 2.75) is 26.3 Å². The molecule has 0 fully saturated rings. The first-order valence-corrected chi connectivity index (χ1v) is 4.63. The van der Waals surface area contributed by atoms with E-state index < -0.39 is 0 Å². The van der Waals surface area contributed by atoms with E-state index in [9.17, 15) is 0 Å². The van der Waals surface area contributed by atoms with Crippen molar-refractivity contribution in [2.75, 3.05) is 13.2 Å². The molecule has 0 aromatic carbocycles. The number of nitrogens with one attached hydrogen (secondary N) is 1. The maximum absolute atomic E-state index is 8.76. The lowest BCUT2D eigenvalue weighted by Crippen LogP contribution is -2.35. The number of hydrogen-bond donors (Lipinski definition) is 2. The lowest BCUT2D eigenvalue weighted by molar-refractivity contribution is 0.247. The van der Waals surface area contributed by atoms with E-state index in [1.165, 1.54) is 0 Å². The summed E-state index contributed by atoms with van der Waals surface area (Å²) in [6, 6.07) is 0.325. The summed E-state index contributed by atoms with van der Waals surface area (Å²) in [5, 5.41) is 12.6. The van der Waals surface area contributed by atoms with Crippen molar-refractivity contribution in [1.29, 1.82) is 0 Å². The molecule has 2 N–H and O–H groups in total. The molecular weight excluding hydrogens is 174 g/mol. The van der Waals surface area contributed by atoms with E-state index in [0.717, 1.165) is 6.42 Å². The van der Waals surface area contributed by atoms with Crippen LogP contribution >= 0.6 is 11.6 Å². The highest BCUT2D eigenvalue weighted by Crippen LogP contribution is 2.06. The first-order valence-electron chi connectivity index (χ1n) is 4.25. The minimum Gasteiger partial charge on any atom is -0.396 e. The standard InChI is InChI=1S/C9H18ClNO/c1-7(2)9(4-5-12)11-6-8(3)10/h7,9,11-12H,3-6H2,1-2H3. The summed E-state index contributed by atoms with van der Waals surface area (Å²) in [7, 11) is 0. The van der Waals surface area contributed by atoms with Gasteiger partial charge in [-0.05, 0) is 12.3 Å². The molecule has 0 amide bonds. The van der Waals surface area contributed by atoms with Crippen molar-refractivity contribution in [1.82, 2.24) is 5.32 Å². The van der Waals surface area contributed by atoms with E-state index in [0.29, 0.717) is 23.5 Å². The van der Waals surface area contributed by atoms with Gasteiger partial charge in [0.05, 0.1) is 0 Å². The van der Waals surface area contributed by atoms with Gasteiger partial charge in [0.15, 0.2) is 0 Å². The number of halogens is 1. The van der Waals surface area contributed by atoms with Gasteiger partial charge in [-0.1, -0.05) is 32.0 Å². The average molecular weight is 192 g/mol. The van der Waals surface area contributed by atoms with Crippen LogP contribution in [0.25, 0.3) is 0 Å². The number of rotatable bonds is 6. The molecule has 3 heteroatoms. The number of hydrogen-bond acceptors (Lipinski definition) is 2. The van der Waals surface area contributed by atoms with Gasteiger partial charge in [0, 0.05) is 24.2 Å². The minimum atomic E-state index is 0.213. The maximum atomic E-state index is 8.76. The molecule has 0 aromatic rings. The molecule has 0 aliphatic heterocycles. The Balaban J connectivity index is 3.70. The fourth-order valence-corrected chi connectivity index (χ4v) is 1.13. The third kappa shape index (κ3) is 5.58. The van der Waals surface area contributed by atoms with Crippen LogP contribution in [0.5, 0.6) is 0 Å². The SMILES string of the molecule is C=C(Cl)CNC(CCO)C(C)C. The van der Waals surface area contributed by atoms with Crippen LogP contribution in [0.4, 0.5) is 0 Å². The second-order valence-electron chi connectivity index (χ2n) is 3.26. The number of aliphatic hydroxyl groups is 1. The Morgan fingerprint density at radius 1 is 1.58 bits per heavy atom. The van der Waals surface area contributed by atoms with Crippen molar-refractivity contribution < 1.29 is 5.11 Å². The zero-order chi connectivity index (χ0) is 9.56. The Morgan fingerprint density at radius 3 is 2.50 bits per heavy atom. The third-order valence-corrected chi connectivity index (χ3v) is 1.93. The zero-order valence-corrected chi connectivity index (χ0v) is 8.56. The van der Waals surface area contributed by atoms with Crippen molar-refractivity contribution >= 4 is 11.6 Å². The highest BCUT2D eigenvalue weighted by Gasteiger charge is 2.11. The molecule has 0 bridgehead atoms. The van der Waals surface area contributed by atoms with Crippen LogP contribution in [-0.4, -0.2) is 24.3 Å². The van der Waals surface area contributed by atoms with Gasteiger partial charge >= 0.3 is 0 Å². The highest BCUT2D eigenvalue weighted by molar-refractivity contribution is 6.29. The van der Waals surface area contributed by atoms with Crippen molar-refractivity contribution in [2.24, 2.45) is 5.92 Å². The third-order valence-electron chi connectivity index (χ3n) is 1.80. The summed E-state index contributed by atoms with van der Waals surface area (Å²) in [6.07, 6.45) is 0.766. The van der Waals surface area contributed by atoms with Crippen molar-refractivity contribution in [3.63, 3.8) is 0 Å². The normalized spacial score (nSPS) is 13.4. The van der Waals surface area contributed by atoms with Crippen LogP contribution in [-0.2, 0) is 0 Å². The maximum Gasteiger partial charge on any atom is 0.0445 e. The van der Waals surface area contributed by atoms with Gasteiger partial charge in [-0.15, -0.1) is 0 Å². The summed E-state index contributed by atoms with van der Waals surface area (Å²) >= 11 is 5.61. The van der Waals surface area contributed by atoms with E-state index >= 15 is 0 Å². The molecule has 0 rings (SSSR count). The summed E-state index contributed by atoms with van der Waals surface area (Å²) in [4.78, 5) is 0. The van der Waals surface area contributed by atoms with Crippen LogP contribution in [0.15, 0.2) is 11.6 Å². The first-order chi connectivity index (χ1) is 5.57. The van der Waals surface area contributed by atoms with Crippen molar-refractivity contribution in [3.05, 3.63) is 11.6 Å². The smallest absolute Gasteiger partial charge is 0.0445 e. The topological polar surface area (TPSA) is 32.3 Å². The highest BCUT2D eigenvalue weighted by atomic mass is 35.5. The van der Waals surface area contributed by atoms with E-state index in [1.807, 2.05) is 0 Å². The van der Waals surface area contributed by atoms with E-state index in [4.69, 9.17) is 16.7 Å². The molecule has 0 radical (unpaired) electrons. The van der Waals surface area contributed by atoms with Crippen LogP contribution in [0.1, 0.15) is 20.3 Å². The lowest BCUT2D eigenvalue weighted by Gasteiger charge is -2.21. The predicted octanol–water partition coefficient (Wildman–Crippen LogP) is 1.74. The zero-order valence-electron chi connectivity index (χ0n) is 7.81. The Labute approximate surface area is 79.6 Å². The molecular formula is C9H18ClNO. The molecule has 72 valence electrons. The summed E-state index contributed by atoms with van der Waals surface area (Å²) in [5.41, 5.74) is 0. The van der Waals surface area contributed by atoms with Gasteiger partial charge in [-0.2, -0.15) is 0 Å². The largest absolute Gasteiger partial charge is 0.396 e. The van der Waals surface area contributed by atoms with Gasteiger partial charge < -0.3 is 10.4 Å². The van der Waals surface area contributed by atoms with E-state index in [-0.39, 0.29) is 6.61 Å². The molecule has 0 aliphatic rings.